The minimum absolute atomic E-state index is 0.00469. The molecule has 1 N–H and O–H groups in total. The summed E-state index contributed by atoms with van der Waals surface area (Å²) in [6, 6.07) is 6.94. The fraction of sp³-hybridized carbons (Fsp3) is 0.250. The lowest BCUT2D eigenvalue weighted by atomic mass is 10.1. The van der Waals surface area contributed by atoms with Crippen molar-refractivity contribution < 1.29 is 4.79 Å². The highest BCUT2D eigenvalue weighted by Gasteiger charge is 2.18. The number of H-pyrrole nitrogens is 1. The molecule has 0 radical (unpaired) electrons. The van der Waals surface area contributed by atoms with Crippen LogP contribution in [0.4, 0.5) is 0 Å². The van der Waals surface area contributed by atoms with E-state index in [1.807, 2.05) is 6.92 Å². The minimum Gasteiger partial charge on any atom is -0.292 e. The van der Waals surface area contributed by atoms with Crippen molar-refractivity contribution in [2.24, 2.45) is 14.1 Å². The van der Waals surface area contributed by atoms with Crippen LogP contribution in [0.1, 0.15) is 15.9 Å². The third kappa shape index (κ3) is 2.32. The van der Waals surface area contributed by atoms with Crippen LogP contribution in [0.2, 0.25) is 0 Å². The fourth-order valence-electron chi connectivity index (χ4n) is 2.61. The molecule has 0 aliphatic heterocycles. The molecule has 0 amide bonds. The lowest BCUT2D eigenvalue weighted by molar-refractivity contribution is 0.0972. The number of imidazole rings is 1. The third-order valence-corrected chi connectivity index (χ3v) is 4.06. The van der Waals surface area contributed by atoms with Gasteiger partial charge in [0.25, 0.3) is 5.56 Å². The lowest BCUT2D eigenvalue weighted by Gasteiger charge is -2.06. The van der Waals surface area contributed by atoms with Crippen molar-refractivity contribution in [3.8, 4) is 0 Å². The van der Waals surface area contributed by atoms with Gasteiger partial charge in [-0.25, -0.2) is 9.59 Å². The molecule has 2 aromatic heterocycles. The summed E-state index contributed by atoms with van der Waals surface area (Å²) in [6.07, 6.45) is 0. The van der Waals surface area contributed by atoms with Crippen LogP contribution in [0.5, 0.6) is 0 Å². The maximum atomic E-state index is 12.4. The Labute approximate surface area is 135 Å². The Bertz CT molecular complexity index is 1130. The van der Waals surface area contributed by atoms with E-state index in [-0.39, 0.29) is 23.5 Å². The summed E-state index contributed by atoms with van der Waals surface area (Å²) >= 11 is 0. The van der Waals surface area contributed by atoms with Gasteiger partial charge in [0.05, 0.1) is 6.54 Å². The summed E-state index contributed by atoms with van der Waals surface area (Å²) < 4.78 is 3.15. The second-order valence-corrected chi connectivity index (χ2v) is 5.71. The van der Waals surface area contributed by atoms with E-state index in [2.05, 4.69) is 4.98 Å². The number of fused-ring (bicyclic) bond motifs is 1. The van der Waals surface area contributed by atoms with E-state index in [0.717, 1.165) is 14.7 Å². The number of nitrogens with zero attached hydrogens (tertiary/aromatic N) is 3. The average Bonchev–Trinajstić information content (AvgIpc) is 2.88. The van der Waals surface area contributed by atoms with Gasteiger partial charge in [-0.3, -0.25) is 28.3 Å². The highest BCUT2D eigenvalue weighted by molar-refractivity contribution is 5.96. The van der Waals surface area contributed by atoms with E-state index in [1.54, 1.807) is 24.3 Å². The molecule has 0 aliphatic carbocycles. The lowest BCUT2D eigenvalue weighted by Crippen LogP contribution is -2.38. The first-order valence-corrected chi connectivity index (χ1v) is 7.29. The average molecular weight is 328 g/mol. The smallest absolute Gasteiger partial charge is 0.292 e. The Morgan fingerprint density at radius 1 is 1.04 bits per heavy atom. The largest absolute Gasteiger partial charge is 0.332 e. The molecule has 8 nitrogen and oxygen atoms in total. The molecule has 0 atom stereocenters. The second kappa shape index (κ2) is 5.48. The van der Waals surface area contributed by atoms with Gasteiger partial charge >= 0.3 is 11.4 Å². The maximum absolute atomic E-state index is 12.4. The van der Waals surface area contributed by atoms with E-state index < -0.39 is 16.9 Å². The topological polar surface area (TPSA) is 98.9 Å². The molecule has 0 saturated carbocycles. The van der Waals surface area contributed by atoms with Gasteiger partial charge in [0.15, 0.2) is 11.3 Å². The first kappa shape index (κ1) is 15.7. The Morgan fingerprint density at radius 2 is 1.67 bits per heavy atom. The SMILES string of the molecule is Cc1ccc(C(=O)Cn2c(=O)[nH]c3c2c(=O)n(C)c(=O)n3C)cc1. The molecule has 3 aromatic rings. The van der Waals surface area contributed by atoms with Gasteiger partial charge in [0.2, 0.25) is 0 Å². The third-order valence-electron chi connectivity index (χ3n) is 4.06. The van der Waals surface area contributed by atoms with Crippen LogP contribution in [-0.2, 0) is 20.6 Å². The van der Waals surface area contributed by atoms with Gasteiger partial charge in [0, 0.05) is 19.7 Å². The molecule has 0 fully saturated rings. The van der Waals surface area contributed by atoms with E-state index in [1.165, 1.54) is 18.7 Å². The summed E-state index contributed by atoms with van der Waals surface area (Å²) in [5.41, 5.74) is -0.212. The number of carbonyl (C=O) groups is 1. The van der Waals surface area contributed by atoms with Gasteiger partial charge in [-0.1, -0.05) is 29.8 Å². The van der Waals surface area contributed by atoms with Gasteiger partial charge in [0.1, 0.15) is 5.65 Å². The zero-order valence-corrected chi connectivity index (χ0v) is 13.5. The molecule has 8 heteroatoms. The van der Waals surface area contributed by atoms with Crippen LogP contribution in [0.25, 0.3) is 11.2 Å². The van der Waals surface area contributed by atoms with Crippen LogP contribution in [0.3, 0.4) is 0 Å². The van der Waals surface area contributed by atoms with Gasteiger partial charge in [-0.15, -0.1) is 0 Å². The van der Waals surface area contributed by atoms with E-state index in [4.69, 9.17) is 0 Å². The zero-order chi connectivity index (χ0) is 17.6. The predicted octanol–water partition coefficient (Wildman–Crippen LogP) is -0.0817. The summed E-state index contributed by atoms with van der Waals surface area (Å²) in [7, 11) is 2.78. The van der Waals surface area contributed by atoms with Gasteiger partial charge in [-0.2, -0.15) is 0 Å². The number of Topliss-reactive ketones (excluding diaryl/α,β-unsaturated/α-hetero) is 1. The predicted molar refractivity (Wildman–Crippen MR) is 88.6 cm³/mol. The van der Waals surface area contributed by atoms with E-state index in [0.29, 0.717) is 5.56 Å². The van der Waals surface area contributed by atoms with Crippen LogP contribution in [-0.4, -0.2) is 24.5 Å². The molecule has 0 bridgehead atoms. The maximum Gasteiger partial charge on any atom is 0.332 e. The number of hydrogen-bond acceptors (Lipinski definition) is 4. The van der Waals surface area contributed by atoms with Crippen molar-refractivity contribution in [2.75, 3.05) is 0 Å². The zero-order valence-electron chi connectivity index (χ0n) is 13.5. The quantitative estimate of drug-likeness (QED) is 0.680. The van der Waals surface area contributed by atoms with E-state index in [9.17, 15) is 19.2 Å². The number of aryl methyl sites for hydroxylation is 2. The Kier molecular flexibility index (Phi) is 3.59. The number of rotatable bonds is 3. The Morgan fingerprint density at radius 3 is 2.29 bits per heavy atom. The normalized spacial score (nSPS) is 11.1. The van der Waals surface area contributed by atoms with Crippen LogP contribution < -0.4 is 16.9 Å². The molecule has 2 heterocycles. The molecule has 3 rings (SSSR count). The van der Waals surface area contributed by atoms with Crippen molar-refractivity contribution in [1.82, 2.24) is 18.7 Å². The number of aromatic amines is 1. The van der Waals surface area contributed by atoms with Gasteiger partial charge < -0.3 is 0 Å². The molecule has 0 spiro atoms. The standard InChI is InChI=1S/C16H16N4O4/c1-9-4-6-10(7-5-9)11(21)8-20-12-13(17-15(20)23)18(2)16(24)19(3)14(12)22/h4-7H,8H2,1-3H3,(H,17,23). The van der Waals surface area contributed by atoms with Crippen molar-refractivity contribution in [3.63, 3.8) is 0 Å². The van der Waals surface area contributed by atoms with Crippen molar-refractivity contribution >= 4 is 16.9 Å². The highest BCUT2D eigenvalue weighted by atomic mass is 16.2. The summed E-state index contributed by atoms with van der Waals surface area (Å²) in [6.45, 7) is 1.62. The number of hydrogen-bond donors (Lipinski definition) is 1. The number of nitrogens with one attached hydrogen (secondary N) is 1. The highest BCUT2D eigenvalue weighted by Crippen LogP contribution is 2.07. The number of benzene rings is 1. The number of ketones is 1. The molecule has 0 unspecified atom stereocenters. The molecular weight excluding hydrogens is 312 g/mol. The first-order chi connectivity index (χ1) is 11.3. The van der Waals surface area contributed by atoms with E-state index >= 15 is 0 Å². The van der Waals surface area contributed by atoms with Crippen molar-refractivity contribution in [1.29, 1.82) is 0 Å². The number of aromatic nitrogens is 4. The molecular formula is C16H16N4O4. The summed E-state index contributed by atoms with van der Waals surface area (Å²) in [4.78, 5) is 51.4. The summed E-state index contributed by atoms with van der Waals surface area (Å²) in [5, 5.41) is 0. The molecule has 0 saturated heterocycles. The van der Waals surface area contributed by atoms with Crippen LogP contribution >= 0.6 is 0 Å². The first-order valence-electron chi connectivity index (χ1n) is 7.29. The Hall–Kier alpha value is -3.16. The Balaban J connectivity index is 2.17. The van der Waals surface area contributed by atoms with Crippen molar-refractivity contribution in [3.05, 3.63) is 66.7 Å². The van der Waals surface area contributed by atoms with Crippen molar-refractivity contribution in [2.45, 2.75) is 13.5 Å². The second-order valence-electron chi connectivity index (χ2n) is 5.71. The molecule has 124 valence electrons. The fourth-order valence-corrected chi connectivity index (χ4v) is 2.61. The monoisotopic (exact) mass is 328 g/mol. The minimum atomic E-state index is -0.622. The molecule has 24 heavy (non-hydrogen) atoms. The molecule has 0 aliphatic rings. The van der Waals surface area contributed by atoms with Crippen LogP contribution in [0, 0.1) is 6.92 Å². The summed E-state index contributed by atoms with van der Waals surface area (Å²) in [5.74, 6) is -0.297. The molecule has 1 aromatic carbocycles. The van der Waals surface area contributed by atoms with Gasteiger partial charge in [-0.05, 0) is 6.92 Å². The number of carbonyl (C=O) groups excluding carboxylic acids is 1. The van der Waals surface area contributed by atoms with Crippen LogP contribution in [0.15, 0.2) is 38.6 Å².